The second-order valence-electron chi connectivity index (χ2n) is 2.99. The van der Waals surface area contributed by atoms with Crippen LogP contribution in [0.2, 0.25) is 0 Å². The topological polar surface area (TPSA) is 0 Å². The first kappa shape index (κ1) is 7.59. The predicted octanol–water partition coefficient (Wildman–Crippen LogP) is 3.31. The maximum absolute atomic E-state index is 3.72. The van der Waals surface area contributed by atoms with E-state index >= 15 is 0 Å². The van der Waals surface area contributed by atoms with Gasteiger partial charge in [0.15, 0.2) is 0 Å². The van der Waals surface area contributed by atoms with E-state index in [0.717, 1.165) is 5.92 Å². The van der Waals surface area contributed by atoms with Crippen LogP contribution in [-0.2, 0) is 0 Å². The monoisotopic (exact) mass is 136 g/mol. The fourth-order valence-electron chi connectivity index (χ4n) is 1.46. The minimum Gasteiger partial charge on any atom is -0.103 e. The molecule has 0 nitrogen and oxygen atoms in total. The number of rotatable bonds is 3. The van der Waals surface area contributed by atoms with Crippen LogP contribution in [-0.4, -0.2) is 0 Å². The summed E-state index contributed by atoms with van der Waals surface area (Å²) in [5.74, 6) is 0.853. The van der Waals surface area contributed by atoms with Crippen LogP contribution < -0.4 is 0 Å². The Bertz CT molecular complexity index is 122. The van der Waals surface area contributed by atoms with Crippen molar-refractivity contribution in [3.05, 3.63) is 24.8 Å². The van der Waals surface area contributed by atoms with Gasteiger partial charge in [0.1, 0.15) is 0 Å². The van der Waals surface area contributed by atoms with E-state index in [0.29, 0.717) is 0 Å². The third-order valence-electron chi connectivity index (χ3n) is 2.10. The van der Waals surface area contributed by atoms with Crippen LogP contribution in [0.15, 0.2) is 24.8 Å². The Morgan fingerprint density at radius 1 is 1.60 bits per heavy atom. The van der Waals surface area contributed by atoms with Gasteiger partial charge in [0.25, 0.3) is 0 Å². The molecule has 0 aromatic rings. The molecule has 10 heavy (non-hydrogen) atoms. The van der Waals surface area contributed by atoms with Gasteiger partial charge in [-0.2, -0.15) is 0 Å². The van der Waals surface area contributed by atoms with Crippen molar-refractivity contribution in [3.8, 4) is 0 Å². The lowest BCUT2D eigenvalue weighted by atomic mass is 9.92. The molecule has 1 atom stereocenters. The van der Waals surface area contributed by atoms with Gasteiger partial charge in [0.05, 0.1) is 0 Å². The zero-order chi connectivity index (χ0) is 7.23. The zero-order valence-electron chi connectivity index (χ0n) is 6.55. The number of hydrogen-bond donors (Lipinski definition) is 0. The molecule has 0 spiro atoms. The van der Waals surface area contributed by atoms with E-state index in [1.807, 2.05) is 6.08 Å². The van der Waals surface area contributed by atoms with Crippen molar-refractivity contribution in [1.29, 1.82) is 0 Å². The average Bonchev–Trinajstić information content (AvgIpc) is 2.03. The van der Waals surface area contributed by atoms with E-state index in [-0.39, 0.29) is 0 Å². The molecule has 0 amide bonds. The lowest BCUT2D eigenvalue weighted by molar-refractivity contribution is 0.510. The van der Waals surface area contributed by atoms with E-state index in [1.165, 1.54) is 32.1 Å². The van der Waals surface area contributed by atoms with Crippen molar-refractivity contribution in [1.82, 2.24) is 0 Å². The molecule has 0 heteroatoms. The molecule has 0 aromatic heterocycles. The molecule has 1 unspecified atom stereocenters. The average molecular weight is 136 g/mol. The molecule has 1 aliphatic rings. The van der Waals surface area contributed by atoms with E-state index in [9.17, 15) is 0 Å². The SMILES string of the molecule is C=CCCC1C=CCCC1. The van der Waals surface area contributed by atoms with Gasteiger partial charge >= 0.3 is 0 Å². The van der Waals surface area contributed by atoms with Crippen molar-refractivity contribution in [3.63, 3.8) is 0 Å². The van der Waals surface area contributed by atoms with Gasteiger partial charge in [-0.05, 0) is 38.0 Å². The van der Waals surface area contributed by atoms with Gasteiger partial charge in [-0.15, -0.1) is 6.58 Å². The van der Waals surface area contributed by atoms with Gasteiger partial charge in [0, 0.05) is 0 Å². The second-order valence-corrected chi connectivity index (χ2v) is 2.99. The number of hydrogen-bond acceptors (Lipinski definition) is 0. The highest BCUT2D eigenvalue weighted by Crippen LogP contribution is 2.21. The lowest BCUT2D eigenvalue weighted by Crippen LogP contribution is -1.99. The van der Waals surface area contributed by atoms with Crippen molar-refractivity contribution in [2.24, 2.45) is 5.92 Å². The molecule has 0 N–H and O–H groups in total. The molecule has 0 radical (unpaired) electrons. The normalized spacial score (nSPS) is 24.6. The van der Waals surface area contributed by atoms with E-state index in [4.69, 9.17) is 0 Å². The minimum atomic E-state index is 0.853. The summed E-state index contributed by atoms with van der Waals surface area (Å²) < 4.78 is 0. The van der Waals surface area contributed by atoms with E-state index < -0.39 is 0 Å². The maximum atomic E-state index is 3.72. The standard InChI is InChI=1S/C10H16/c1-2-3-7-10-8-5-4-6-9-10/h2,5,8,10H,1,3-4,6-7,9H2. The molecule has 0 heterocycles. The first-order valence-corrected chi connectivity index (χ1v) is 4.21. The molecule has 1 aliphatic carbocycles. The summed E-state index contributed by atoms with van der Waals surface area (Å²) in [6.45, 7) is 3.72. The van der Waals surface area contributed by atoms with Crippen molar-refractivity contribution >= 4 is 0 Å². The Morgan fingerprint density at radius 2 is 2.50 bits per heavy atom. The summed E-state index contributed by atoms with van der Waals surface area (Å²) in [5, 5.41) is 0. The molecular weight excluding hydrogens is 120 g/mol. The summed E-state index contributed by atoms with van der Waals surface area (Å²) in [5.41, 5.74) is 0. The highest BCUT2D eigenvalue weighted by atomic mass is 14.1. The first-order chi connectivity index (χ1) is 4.93. The van der Waals surface area contributed by atoms with Crippen LogP contribution in [0.3, 0.4) is 0 Å². The van der Waals surface area contributed by atoms with Crippen LogP contribution in [0.4, 0.5) is 0 Å². The third-order valence-corrected chi connectivity index (χ3v) is 2.10. The van der Waals surface area contributed by atoms with Gasteiger partial charge in [0.2, 0.25) is 0 Å². The first-order valence-electron chi connectivity index (χ1n) is 4.21. The Kier molecular flexibility index (Phi) is 3.28. The fraction of sp³-hybridized carbons (Fsp3) is 0.600. The van der Waals surface area contributed by atoms with Gasteiger partial charge in [-0.1, -0.05) is 18.2 Å². The van der Waals surface area contributed by atoms with Crippen molar-refractivity contribution < 1.29 is 0 Å². The van der Waals surface area contributed by atoms with E-state index in [1.54, 1.807) is 0 Å². The lowest BCUT2D eigenvalue weighted by Gasteiger charge is -2.14. The quantitative estimate of drug-likeness (QED) is 0.522. The molecule has 0 aliphatic heterocycles. The van der Waals surface area contributed by atoms with Gasteiger partial charge in [-0.3, -0.25) is 0 Å². The summed E-state index contributed by atoms with van der Waals surface area (Å²) in [6.07, 6.45) is 13.3. The minimum absolute atomic E-state index is 0.853. The summed E-state index contributed by atoms with van der Waals surface area (Å²) in [6, 6.07) is 0. The smallest absolute Gasteiger partial charge is 0.0230 e. The Labute approximate surface area is 63.6 Å². The maximum Gasteiger partial charge on any atom is -0.0230 e. The molecule has 0 aromatic carbocycles. The van der Waals surface area contributed by atoms with Crippen LogP contribution >= 0.6 is 0 Å². The van der Waals surface area contributed by atoms with Gasteiger partial charge < -0.3 is 0 Å². The Morgan fingerprint density at radius 3 is 3.10 bits per heavy atom. The second kappa shape index (κ2) is 4.32. The summed E-state index contributed by atoms with van der Waals surface area (Å²) >= 11 is 0. The molecule has 56 valence electrons. The van der Waals surface area contributed by atoms with Crippen molar-refractivity contribution in [2.75, 3.05) is 0 Å². The predicted molar refractivity (Wildman–Crippen MR) is 45.9 cm³/mol. The fourth-order valence-corrected chi connectivity index (χ4v) is 1.46. The highest BCUT2D eigenvalue weighted by Gasteiger charge is 2.05. The molecule has 1 rings (SSSR count). The Balaban J connectivity index is 2.19. The molecule has 0 saturated heterocycles. The molecular formula is C10H16. The molecule has 0 bridgehead atoms. The van der Waals surface area contributed by atoms with Crippen LogP contribution in [0.1, 0.15) is 32.1 Å². The Hall–Kier alpha value is -0.520. The zero-order valence-corrected chi connectivity index (χ0v) is 6.55. The van der Waals surface area contributed by atoms with E-state index in [2.05, 4.69) is 18.7 Å². The highest BCUT2D eigenvalue weighted by molar-refractivity contribution is 4.93. The largest absolute Gasteiger partial charge is 0.103 e. The molecule has 0 saturated carbocycles. The third kappa shape index (κ3) is 2.38. The summed E-state index contributed by atoms with van der Waals surface area (Å²) in [7, 11) is 0. The van der Waals surface area contributed by atoms with Gasteiger partial charge in [-0.25, -0.2) is 0 Å². The molecule has 0 fully saturated rings. The van der Waals surface area contributed by atoms with Crippen molar-refractivity contribution in [2.45, 2.75) is 32.1 Å². The van der Waals surface area contributed by atoms with Crippen LogP contribution in [0, 0.1) is 5.92 Å². The van der Waals surface area contributed by atoms with Crippen LogP contribution in [0.5, 0.6) is 0 Å². The summed E-state index contributed by atoms with van der Waals surface area (Å²) in [4.78, 5) is 0. The number of allylic oxidation sites excluding steroid dienone is 3. The van der Waals surface area contributed by atoms with Crippen LogP contribution in [0.25, 0.3) is 0 Å².